The van der Waals surface area contributed by atoms with Crippen molar-refractivity contribution in [1.29, 1.82) is 0 Å². The van der Waals surface area contributed by atoms with E-state index in [0.717, 1.165) is 29.6 Å². The number of nitrogens with one attached hydrogen (secondary N) is 1. The minimum Gasteiger partial charge on any atom is -0.485 e. The molecule has 3 atom stereocenters. The SMILES string of the molecule is CCNC1CC(Oc2cccc3cccnc23)C1OC. The summed E-state index contributed by atoms with van der Waals surface area (Å²) in [6.07, 6.45) is 2.96. The molecule has 0 spiro atoms. The molecule has 0 saturated heterocycles. The first kappa shape index (κ1) is 13.3. The molecular weight excluding hydrogens is 252 g/mol. The van der Waals surface area contributed by atoms with E-state index >= 15 is 0 Å². The number of rotatable bonds is 5. The van der Waals surface area contributed by atoms with Crippen molar-refractivity contribution in [2.75, 3.05) is 13.7 Å². The van der Waals surface area contributed by atoms with Gasteiger partial charge in [-0.05, 0) is 18.7 Å². The molecule has 1 aliphatic rings. The highest BCUT2D eigenvalue weighted by Crippen LogP contribution is 2.31. The van der Waals surface area contributed by atoms with Gasteiger partial charge in [-0.3, -0.25) is 4.98 Å². The number of hydrogen-bond acceptors (Lipinski definition) is 4. The van der Waals surface area contributed by atoms with Gasteiger partial charge >= 0.3 is 0 Å². The molecule has 0 radical (unpaired) electrons. The zero-order valence-corrected chi connectivity index (χ0v) is 11.9. The quantitative estimate of drug-likeness (QED) is 0.907. The maximum atomic E-state index is 6.12. The van der Waals surface area contributed by atoms with E-state index in [0.29, 0.717) is 6.04 Å². The van der Waals surface area contributed by atoms with Crippen molar-refractivity contribution in [2.45, 2.75) is 31.6 Å². The second kappa shape index (κ2) is 5.77. The Morgan fingerprint density at radius 2 is 2.15 bits per heavy atom. The maximum Gasteiger partial charge on any atom is 0.146 e. The Balaban J connectivity index is 1.77. The van der Waals surface area contributed by atoms with Gasteiger partial charge in [0.05, 0.1) is 0 Å². The summed E-state index contributed by atoms with van der Waals surface area (Å²) in [6, 6.07) is 10.4. The van der Waals surface area contributed by atoms with E-state index in [2.05, 4.69) is 17.2 Å². The first-order valence-electron chi connectivity index (χ1n) is 7.10. The molecule has 2 aromatic rings. The number of aromatic nitrogens is 1. The van der Waals surface area contributed by atoms with Crippen LogP contribution in [0.2, 0.25) is 0 Å². The molecule has 3 rings (SSSR count). The van der Waals surface area contributed by atoms with Gasteiger partial charge in [-0.1, -0.05) is 25.1 Å². The van der Waals surface area contributed by atoms with Crippen LogP contribution in [-0.4, -0.2) is 36.9 Å². The van der Waals surface area contributed by atoms with Gasteiger partial charge in [-0.2, -0.15) is 0 Å². The normalized spacial score (nSPS) is 25.4. The Hall–Kier alpha value is -1.65. The lowest BCUT2D eigenvalue weighted by atomic mass is 9.85. The second-order valence-electron chi connectivity index (χ2n) is 5.09. The molecule has 0 bridgehead atoms. The van der Waals surface area contributed by atoms with Crippen LogP contribution in [0.5, 0.6) is 5.75 Å². The standard InChI is InChI=1S/C16H20N2O2/c1-3-17-12-10-14(16(12)19-2)20-13-8-4-6-11-7-5-9-18-15(11)13/h4-9,12,14,16-17H,3,10H2,1-2H3. The van der Waals surface area contributed by atoms with Crippen LogP contribution in [-0.2, 0) is 4.74 Å². The highest BCUT2D eigenvalue weighted by Gasteiger charge is 2.42. The number of ether oxygens (including phenoxy) is 2. The summed E-state index contributed by atoms with van der Waals surface area (Å²) in [5.74, 6) is 0.838. The molecule has 1 aromatic carbocycles. The van der Waals surface area contributed by atoms with E-state index in [-0.39, 0.29) is 12.2 Å². The topological polar surface area (TPSA) is 43.4 Å². The lowest BCUT2D eigenvalue weighted by Crippen LogP contribution is -2.60. The summed E-state index contributed by atoms with van der Waals surface area (Å²) in [5.41, 5.74) is 0.914. The molecular formula is C16H20N2O2. The minimum atomic E-state index is 0.0941. The summed E-state index contributed by atoms with van der Waals surface area (Å²) >= 11 is 0. The van der Waals surface area contributed by atoms with E-state index < -0.39 is 0 Å². The van der Waals surface area contributed by atoms with Gasteiger partial charge in [0, 0.05) is 31.2 Å². The fourth-order valence-corrected chi connectivity index (χ4v) is 2.81. The Morgan fingerprint density at radius 1 is 1.30 bits per heavy atom. The highest BCUT2D eigenvalue weighted by atomic mass is 16.5. The molecule has 106 valence electrons. The molecule has 1 N–H and O–H groups in total. The summed E-state index contributed by atoms with van der Waals surface area (Å²) in [7, 11) is 1.74. The predicted molar refractivity (Wildman–Crippen MR) is 79.0 cm³/mol. The Morgan fingerprint density at radius 3 is 2.95 bits per heavy atom. The summed E-state index contributed by atoms with van der Waals surface area (Å²) in [6.45, 7) is 3.06. The van der Waals surface area contributed by atoms with Gasteiger partial charge in [0.15, 0.2) is 0 Å². The first-order valence-corrected chi connectivity index (χ1v) is 7.10. The molecule has 1 heterocycles. The van der Waals surface area contributed by atoms with Crippen LogP contribution in [0.25, 0.3) is 10.9 Å². The number of likely N-dealkylation sites (N-methyl/N-ethyl adjacent to an activating group) is 1. The third-order valence-electron chi connectivity index (χ3n) is 3.86. The maximum absolute atomic E-state index is 6.12. The average molecular weight is 272 g/mol. The Labute approximate surface area is 119 Å². The van der Waals surface area contributed by atoms with Crippen LogP contribution in [0.3, 0.4) is 0 Å². The lowest BCUT2D eigenvalue weighted by Gasteiger charge is -2.43. The van der Waals surface area contributed by atoms with Crippen LogP contribution < -0.4 is 10.1 Å². The molecule has 3 unspecified atom stereocenters. The van der Waals surface area contributed by atoms with Crippen molar-refractivity contribution in [3.63, 3.8) is 0 Å². The zero-order chi connectivity index (χ0) is 13.9. The molecule has 1 aliphatic carbocycles. The lowest BCUT2D eigenvalue weighted by molar-refractivity contribution is -0.0879. The van der Waals surface area contributed by atoms with Crippen LogP contribution in [0, 0.1) is 0 Å². The molecule has 4 heteroatoms. The van der Waals surface area contributed by atoms with E-state index in [1.54, 1.807) is 13.3 Å². The Kier molecular flexibility index (Phi) is 3.85. The van der Waals surface area contributed by atoms with Crippen LogP contribution in [0.1, 0.15) is 13.3 Å². The minimum absolute atomic E-state index is 0.0941. The van der Waals surface area contributed by atoms with Gasteiger partial charge in [-0.15, -0.1) is 0 Å². The molecule has 1 fully saturated rings. The third kappa shape index (κ3) is 2.37. The Bertz CT molecular complexity index is 582. The van der Waals surface area contributed by atoms with Crippen LogP contribution in [0.15, 0.2) is 36.5 Å². The predicted octanol–water partition coefficient (Wildman–Crippen LogP) is 2.38. The van der Waals surface area contributed by atoms with Crippen LogP contribution in [0.4, 0.5) is 0 Å². The van der Waals surface area contributed by atoms with Crippen LogP contribution >= 0.6 is 0 Å². The number of benzene rings is 1. The monoisotopic (exact) mass is 272 g/mol. The number of hydrogen-bond donors (Lipinski definition) is 1. The fraction of sp³-hybridized carbons (Fsp3) is 0.438. The number of nitrogens with zero attached hydrogens (tertiary/aromatic N) is 1. The summed E-state index contributed by atoms with van der Waals surface area (Å²) in [4.78, 5) is 4.42. The molecule has 4 nitrogen and oxygen atoms in total. The molecule has 1 aromatic heterocycles. The smallest absolute Gasteiger partial charge is 0.146 e. The molecule has 1 saturated carbocycles. The van der Waals surface area contributed by atoms with E-state index in [1.807, 2.05) is 30.3 Å². The van der Waals surface area contributed by atoms with Crippen molar-refractivity contribution < 1.29 is 9.47 Å². The van der Waals surface area contributed by atoms with Gasteiger partial charge in [0.25, 0.3) is 0 Å². The van der Waals surface area contributed by atoms with Crippen molar-refractivity contribution >= 4 is 10.9 Å². The van der Waals surface area contributed by atoms with E-state index in [9.17, 15) is 0 Å². The third-order valence-corrected chi connectivity index (χ3v) is 3.86. The van der Waals surface area contributed by atoms with Gasteiger partial charge < -0.3 is 14.8 Å². The van der Waals surface area contributed by atoms with Crippen molar-refractivity contribution in [3.05, 3.63) is 36.5 Å². The molecule has 0 aliphatic heterocycles. The largest absolute Gasteiger partial charge is 0.485 e. The van der Waals surface area contributed by atoms with Gasteiger partial charge in [0.2, 0.25) is 0 Å². The molecule has 20 heavy (non-hydrogen) atoms. The number of fused-ring (bicyclic) bond motifs is 1. The van der Waals surface area contributed by atoms with E-state index in [4.69, 9.17) is 9.47 Å². The number of methoxy groups -OCH3 is 1. The first-order chi connectivity index (χ1) is 9.83. The summed E-state index contributed by atoms with van der Waals surface area (Å²) < 4.78 is 11.7. The fourth-order valence-electron chi connectivity index (χ4n) is 2.81. The summed E-state index contributed by atoms with van der Waals surface area (Å²) in [5, 5.41) is 4.51. The number of para-hydroxylation sites is 1. The van der Waals surface area contributed by atoms with E-state index in [1.165, 1.54) is 0 Å². The van der Waals surface area contributed by atoms with Crippen molar-refractivity contribution in [3.8, 4) is 5.75 Å². The highest BCUT2D eigenvalue weighted by molar-refractivity contribution is 5.84. The number of pyridine rings is 1. The van der Waals surface area contributed by atoms with Gasteiger partial charge in [-0.25, -0.2) is 0 Å². The van der Waals surface area contributed by atoms with Crippen molar-refractivity contribution in [2.24, 2.45) is 0 Å². The zero-order valence-electron chi connectivity index (χ0n) is 11.9. The van der Waals surface area contributed by atoms with Crippen molar-refractivity contribution in [1.82, 2.24) is 10.3 Å². The van der Waals surface area contributed by atoms with Gasteiger partial charge in [0.1, 0.15) is 23.5 Å². The molecule has 0 amide bonds. The second-order valence-corrected chi connectivity index (χ2v) is 5.09. The average Bonchev–Trinajstić information content (AvgIpc) is 2.46.